The van der Waals surface area contributed by atoms with Gasteiger partial charge in [-0.3, -0.25) is 9.59 Å². The number of fused-ring (bicyclic) bond motifs is 1. The summed E-state index contributed by atoms with van der Waals surface area (Å²) in [6, 6.07) is 1.20. The summed E-state index contributed by atoms with van der Waals surface area (Å²) in [7, 11) is 0. The number of carbonyl (C=O) groups is 1. The van der Waals surface area contributed by atoms with Gasteiger partial charge in [0.25, 0.3) is 0 Å². The minimum absolute atomic E-state index is 0.0190. The minimum atomic E-state index is -0.530. The van der Waals surface area contributed by atoms with Crippen LogP contribution in [-0.2, 0) is 6.54 Å². The van der Waals surface area contributed by atoms with E-state index in [-0.39, 0.29) is 16.8 Å². The molecule has 3 rings (SSSR count). The number of halogens is 1. The first-order valence-electron chi connectivity index (χ1n) is 7.30. The largest absolute Gasteiger partial charge is 0.352 e. The van der Waals surface area contributed by atoms with Crippen LogP contribution in [0.5, 0.6) is 0 Å². The third-order valence-electron chi connectivity index (χ3n) is 3.90. The van der Waals surface area contributed by atoms with Crippen molar-refractivity contribution in [3.63, 3.8) is 0 Å². The van der Waals surface area contributed by atoms with E-state index in [0.29, 0.717) is 31.6 Å². The predicted octanol–water partition coefficient (Wildman–Crippen LogP) is 0.778. The Morgan fingerprint density at radius 3 is 2.77 bits per heavy atom. The highest BCUT2D eigenvalue weighted by molar-refractivity contribution is 5.85. The van der Waals surface area contributed by atoms with Gasteiger partial charge in [-0.1, -0.05) is 0 Å². The van der Waals surface area contributed by atoms with E-state index in [1.54, 1.807) is 4.57 Å². The van der Waals surface area contributed by atoms with Crippen molar-refractivity contribution in [2.75, 3.05) is 31.1 Å². The molecule has 7 heteroatoms. The van der Waals surface area contributed by atoms with Crippen LogP contribution in [0.1, 0.15) is 17.3 Å². The maximum atomic E-state index is 14.4. The molecule has 22 heavy (non-hydrogen) atoms. The number of aryl methyl sites for hydroxylation is 1. The van der Waals surface area contributed by atoms with Gasteiger partial charge in [0.05, 0.1) is 10.9 Å². The number of piperazine rings is 1. The molecule has 0 bridgehead atoms. The van der Waals surface area contributed by atoms with Gasteiger partial charge in [-0.2, -0.15) is 0 Å². The zero-order chi connectivity index (χ0) is 15.7. The van der Waals surface area contributed by atoms with E-state index in [4.69, 9.17) is 0 Å². The summed E-state index contributed by atoms with van der Waals surface area (Å²) in [5, 5.41) is 3.34. The second-order valence-corrected chi connectivity index (χ2v) is 5.22. The predicted molar refractivity (Wildman–Crippen MR) is 82.1 cm³/mol. The van der Waals surface area contributed by atoms with Crippen molar-refractivity contribution in [1.29, 1.82) is 0 Å². The Morgan fingerprint density at radius 2 is 2.14 bits per heavy atom. The topological polar surface area (TPSA) is 67.2 Å². The lowest BCUT2D eigenvalue weighted by Gasteiger charge is -2.29. The summed E-state index contributed by atoms with van der Waals surface area (Å²) in [6.07, 6.45) is 1.97. The van der Waals surface area contributed by atoms with Crippen LogP contribution >= 0.6 is 0 Å². The molecule has 0 aromatic carbocycles. The van der Waals surface area contributed by atoms with Gasteiger partial charge in [0.15, 0.2) is 17.9 Å². The average molecular weight is 304 g/mol. The number of aromatic nitrogens is 2. The Morgan fingerprint density at radius 1 is 1.41 bits per heavy atom. The number of aldehydes is 1. The molecule has 6 nitrogen and oxygen atoms in total. The fraction of sp³-hybridized carbons (Fsp3) is 0.400. The fourth-order valence-electron chi connectivity index (χ4n) is 2.72. The third kappa shape index (κ3) is 2.37. The van der Waals surface area contributed by atoms with Crippen LogP contribution in [0.15, 0.2) is 17.1 Å². The number of rotatable bonds is 3. The highest BCUT2D eigenvalue weighted by Gasteiger charge is 2.19. The van der Waals surface area contributed by atoms with Gasteiger partial charge in [0.2, 0.25) is 5.43 Å². The summed E-state index contributed by atoms with van der Waals surface area (Å²) in [6.45, 7) is 5.29. The lowest BCUT2D eigenvalue weighted by molar-refractivity contribution is 0.112. The van der Waals surface area contributed by atoms with E-state index >= 15 is 0 Å². The second-order valence-electron chi connectivity index (χ2n) is 5.22. The Balaban J connectivity index is 2.24. The highest BCUT2D eigenvalue weighted by atomic mass is 19.1. The first-order chi connectivity index (χ1) is 10.7. The summed E-state index contributed by atoms with van der Waals surface area (Å²) in [5.41, 5.74) is -0.0496. The van der Waals surface area contributed by atoms with Crippen molar-refractivity contribution in [1.82, 2.24) is 14.9 Å². The molecule has 0 radical (unpaired) electrons. The zero-order valence-electron chi connectivity index (χ0n) is 12.3. The Hall–Kier alpha value is -2.28. The molecule has 0 spiro atoms. The molecule has 3 heterocycles. The molecule has 2 aromatic rings. The third-order valence-corrected chi connectivity index (χ3v) is 3.90. The van der Waals surface area contributed by atoms with Gasteiger partial charge in [-0.25, -0.2) is 9.37 Å². The summed E-state index contributed by atoms with van der Waals surface area (Å²) in [5.74, 6) is -0.272. The lowest BCUT2D eigenvalue weighted by Crippen LogP contribution is -2.44. The first-order valence-corrected chi connectivity index (χ1v) is 7.30. The molecule has 116 valence electrons. The number of hydrogen-bond acceptors (Lipinski definition) is 5. The molecular formula is C15H17FN4O2. The van der Waals surface area contributed by atoms with E-state index in [1.807, 2.05) is 11.8 Å². The van der Waals surface area contributed by atoms with E-state index in [1.165, 1.54) is 12.3 Å². The number of anilines is 1. The summed E-state index contributed by atoms with van der Waals surface area (Å²) in [4.78, 5) is 29.4. The summed E-state index contributed by atoms with van der Waals surface area (Å²) >= 11 is 0. The van der Waals surface area contributed by atoms with Gasteiger partial charge >= 0.3 is 0 Å². The summed E-state index contributed by atoms with van der Waals surface area (Å²) < 4.78 is 16.1. The van der Waals surface area contributed by atoms with Crippen molar-refractivity contribution >= 4 is 23.1 Å². The molecule has 1 saturated heterocycles. The highest BCUT2D eigenvalue weighted by Crippen LogP contribution is 2.21. The molecule has 1 fully saturated rings. The molecule has 1 N–H and O–H groups in total. The van der Waals surface area contributed by atoms with E-state index in [0.717, 1.165) is 13.1 Å². The number of nitrogens with one attached hydrogen (secondary N) is 1. The zero-order valence-corrected chi connectivity index (χ0v) is 12.3. The Bertz CT molecular complexity index is 781. The standard InChI is InChI=1S/C15H17FN4O2/c1-2-19-8-10(9-21)13(22)11-7-12(16)15(18-14(11)19)20-5-3-17-4-6-20/h7-9,17H,2-6H2,1H3. The van der Waals surface area contributed by atoms with Crippen LogP contribution < -0.4 is 15.6 Å². The number of hydrogen-bond donors (Lipinski definition) is 1. The molecule has 0 atom stereocenters. The van der Waals surface area contributed by atoms with Crippen molar-refractivity contribution < 1.29 is 9.18 Å². The lowest BCUT2D eigenvalue weighted by atomic mass is 10.2. The van der Waals surface area contributed by atoms with E-state index in [9.17, 15) is 14.0 Å². The smallest absolute Gasteiger partial charge is 0.201 e. The van der Waals surface area contributed by atoms with Crippen LogP contribution in [0.4, 0.5) is 10.2 Å². The molecule has 0 amide bonds. The van der Waals surface area contributed by atoms with Crippen LogP contribution in [0.25, 0.3) is 11.0 Å². The molecule has 0 saturated carbocycles. The number of pyridine rings is 2. The van der Waals surface area contributed by atoms with Crippen LogP contribution in [-0.4, -0.2) is 42.0 Å². The van der Waals surface area contributed by atoms with Gasteiger partial charge in [-0.15, -0.1) is 0 Å². The molecule has 2 aromatic heterocycles. The normalized spacial score (nSPS) is 15.3. The Kier molecular flexibility index (Phi) is 3.89. The van der Waals surface area contributed by atoms with Crippen molar-refractivity contribution in [3.05, 3.63) is 33.9 Å². The van der Waals surface area contributed by atoms with Gasteiger partial charge < -0.3 is 14.8 Å². The minimum Gasteiger partial charge on any atom is -0.352 e. The maximum absolute atomic E-state index is 14.4. The van der Waals surface area contributed by atoms with Crippen molar-refractivity contribution in [3.8, 4) is 0 Å². The monoisotopic (exact) mass is 304 g/mol. The van der Waals surface area contributed by atoms with Crippen molar-refractivity contribution in [2.24, 2.45) is 0 Å². The van der Waals surface area contributed by atoms with Crippen LogP contribution in [0.2, 0.25) is 0 Å². The molecular weight excluding hydrogens is 287 g/mol. The van der Waals surface area contributed by atoms with Crippen molar-refractivity contribution in [2.45, 2.75) is 13.5 Å². The maximum Gasteiger partial charge on any atom is 0.201 e. The molecule has 0 unspecified atom stereocenters. The average Bonchev–Trinajstić information content (AvgIpc) is 2.56. The van der Waals surface area contributed by atoms with E-state index in [2.05, 4.69) is 10.3 Å². The van der Waals surface area contributed by atoms with Crippen LogP contribution in [0, 0.1) is 5.82 Å². The quantitative estimate of drug-likeness (QED) is 0.849. The number of nitrogens with zero attached hydrogens (tertiary/aromatic N) is 3. The second kappa shape index (κ2) is 5.84. The van der Waals surface area contributed by atoms with E-state index < -0.39 is 11.2 Å². The first kappa shape index (κ1) is 14.6. The SMILES string of the molecule is CCn1cc(C=O)c(=O)c2cc(F)c(N3CCNCC3)nc21. The molecule has 0 aliphatic carbocycles. The van der Waals surface area contributed by atoms with Gasteiger partial charge in [0, 0.05) is 38.9 Å². The van der Waals surface area contributed by atoms with Gasteiger partial charge in [-0.05, 0) is 13.0 Å². The van der Waals surface area contributed by atoms with Gasteiger partial charge in [0.1, 0.15) is 5.65 Å². The molecule has 1 aliphatic rings. The van der Waals surface area contributed by atoms with Crippen LogP contribution in [0.3, 0.4) is 0 Å². The fourth-order valence-corrected chi connectivity index (χ4v) is 2.72. The number of carbonyl (C=O) groups excluding carboxylic acids is 1. The Labute approximate surface area is 126 Å². The molecule has 1 aliphatic heterocycles.